The summed E-state index contributed by atoms with van der Waals surface area (Å²) in [5.74, 6) is 0. The highest BCUT2D eigenvalue weighted by Gasteiger charge is 2.11. The minimum absolute atomic E-state index is 0.308. The Balaban J connectivity index is 2.80. The number of halogens is 1. The van der Waals surface area contributed by atoms with Gasteiger partial charge in [0.2, 0.25) is 0 Å². The van der Waals surface area contributed by atoms with Gasteiger partial charge in [0.15, 0.2) is 0 Å². The first-order chi connectivity index (χ1) is 9.63. The Morgan fingerprint density at radius 3 is 2.50 bits per heavy atom. The number of anilines is 1. The molecule has 0 heterocycles. The van der Waals surface area contributed by atoms with Crippen molar-refractivity contribution in [1.82, 2.24) is 5.32 Å². The van der Waals surface area contributed by atoms with Gasteiger partial charge >= 0.3 is 0 Å². The Labute approximate surface area is 129 Å². The summed E-state index contributed by atoms with van der Waals surface area (Å²) in [6.07, 6.45) is 3.59. The van der Waals surface area contributed by atoms with Crippen molar-refractivity contribution in [3.8, 4) is 0 Å². The van der Waals surface area contributed by atoms with Crippen LogP contribution in [0.25, 0.3) is 0 Å². The zero-order valence-electron chi connectivity index (χ0n) is 13.4. The molecule has 0 saturated heterocycles. The van der Waals surface area contributed by atoms with E-state index in [1.54, 1.807) is 0 Å². The first-order valence-electron chi connectivity index (χ1n) is 7.91. The standard InChI is InChI=1S/C17H29ClN2/c1-5-8-12-20(7-3)15-9-10-16(17(18)13-15)14(4)19-11-6-2/h9-10,13-14,19H,5-8,11-12H2,1-4H3. The Bertz CT molecular complexity index is 393. The summed E-state index contributed by atoms with van der Waals surface area (Å²) in [6.45, 7) is 11.9. The van der Waals surface area contributed by atoms with Crippen molar-refractivity contribution in [2.45, 2.75) is 53.0 Å². The van der Waals surface area contributed by atoms with Crippen molar-refractivity contribution in [3.05, 3.63) is 28.8 Å². The van der Waals surface area contributed by atoms with E-state index in [2.05, 4.69) is 56.1 Å². The van der Waals surface area contributed by atoms with Crippen LogP contribution in [0, 0.1) is 0 Å². The highest BCUT2D eigenvalue weighted by atomic mass is 35.5. The van der Waals surface area contributed by atoms with Gasteiger partial charge in [-0.25, -0.2) is 0 Å². The summed E-state index contributed by atoms with van der Waals surface area (Å²) in [5, 5.41) is 4.36. The molecule has 0 aliphatic heterocycles. The first kappa shape index (κ1) is 17.3. The largest absolute Gasteiger partial charge is 0.372 e. The smallest absolute Gasteiger partial charge is 0.0474 e. The minimum Gasteiger partial charge on any atom is -0.372 e. The van der Waals surface area contributed by atoms with E-state index >= 15 is 0 Å². The van der Waals surface area contributed by atoms with Crippen molar-refractivity contribution < 1.29 is 0 Å². The van der Waals surface area contributed by atoms with Crippen molar-refractivity contribution in [2.75, 3.05) is 24.5 Å². The number of benzene rings is 1. The Morgan fingerprint density at radius 1 is 1.20 bits per heavy atom. The van der Waals surface area contributed by atoms with E-state index in [1.165, 1.54) is 24.1 Å². The molecule has 0 radical (unpaired) electrons. The molecule has 114 valence electrons. The Kier molecular flexibility index (Phi) is 8.01. The van der Waals surface area contributed by atoms with Gasteiger partial charge in [0, 0.05) is 29.8 Å². The summed E-state index contributed by atoms with van der Waals surface area (Å²) >= 11 is 6.47. The van der Waals surface area contributed by atoms with E-state index in [9.17, 15) is 0 Å². The molecule has 0 aliphatic carbocycles. The SMILES string of the molecule is CCCCN(CC)c1ccc(C(C)NCCC)c(Cl)c1. The van der Waals surface area contributed by atoms with Crippen LogP contribution in [0.15, 0.2) is 18.2 Å². The van der Waals surface area contributed by atoms with Crippen LogP contribution in [0.3, 0.4) is 0 Å². The summed E-state index contributed by atoms with van der Waals surface area (Å²) in [4.78, 5) is 2.39. The van der Waals surface area contributed by atoms with E-state index in [0.717, 1.165) is 31.1 Å². The maximum atomic E-state index is 6.47. The maximum Gasteiger partial charge on any atom is 0.0474 e. The van der Waals surface area contributed by atoms with E-state index in [-0.39, 0.29) is 0 Å². The molecule has 1 aromatic carbocycles. The average molecular weight is 297 g/mol. The quantitative estimate of drug-likeness (QED) is 0.688. The number of hydrogen-bond donors (Lipinski definition) is 1. The number of nitrogens with zero attached hydrogens (tertiary/aromatic N) is 1. The lowest BCUT2D eigenvalue weighted by molar-refractivity contribution is 0.571. The fourth-order valence-electron chi connectivity index (χ4n) is 2.35. The van der Waals surface area contributed by atoms with Crippen molar-refractivity contribution in [2.24, 2.45) is 0 Å². The molecule has 0 bridgehead atoms. The molecule has 1 atom stereocenters. The third-order valence-electron chi connectivity index (χ3n) is 3.68. The van der Waals surface area contributed by atoms with E-state index in [1.807, 2.05) is 0 Å². The van der Waals surface area contributed by atoms with Gasteiger partial charge in [-0.2, -0.15) is 0 Å². The summed E-state index contributed by atoms with van der Waals surface area (Å²) < 4.78 is 0. The topological polar surface area (TPSA) is 15.3 Å². The van der Waals surface area contributed by atoms with Crippen LogP contribution in [0.1, 0.15) is 58.6 Å². The van der Waals surface area contributed by atoms with E-state index in [4.69, 9.17) is 11.6 Å². The molecule has 0 spiro atoms. The third-order valence-corrected chi connectivity index (χ3v) is 4.01. The lowest BCUT2D eigenvalue weighted by Gasteiger charge is -2.24. The summed E-state index contributed by atoms with van der Waals surface area (Å²) in [6, 6.07) is 6.78. The third kappa shape index (κ3) is 4.99. The number of hydrogen-bond acceptors (Lipinski definition) is 2. The van der Waals surface area contributed by atoms with Gasteiger partial charge in [-0.1, -0.05) is 37.9 Å². The summed E-state index contributed by atoms with van der Waals surface area (Å²) in [7, 11) is 0. The Hall–Kier alpha value is -0.730. The fourth-order valence-corrected chi connectivity index (χ4v) is 2.69. The van der Waals surface area contributed by atoms with Crippen molar-refractivity contribution >= 4 is 17.3 Å². The number of unbranched alkanes of at least 4 members (excludes halogenated alkanes) is 1. The van der Waals surface area contributed by atoms with E-state index in [0.29, 0.717) is 6.04 Å². The van der Waals surface area contributed by atoms with Crippen LogP contribution in [0.4, 0.5) is 5.69 Å². The zero-order valence-corrected chi connectivity index (χ0v) is 14.1. The van der Waals surface area contributed by atoms with Gasteiger partial charge < -0.3 is 10.2 Å². The molecule has 1 rings (SSSR count). The molecule has 20 heavy (non-hydrogen) atoms. The maximum absolute atomic E-state index is 6.47. The fraction of sp³-hybridized carbons (Fsp3) is 0.647. The molecule has 3 heteroatoms. The molecule has 0 fully saturated rings. The molecule has 0 amide bonds. The molecule has 0 aliphatic rings. The van der Waals surface area contributed by atoms with Crippen LogP contribution >= 0.6 is 11.6 Å². The van der Waals surface area contributed by atoms with Crippen LogP contribution in [-0.2, 0) is 0 Å². The second-order valence-electron chi connectivity index (χ2n) is 5.31. The predicted octanol–water partition coefficient (Wildman–Crippen LogP) is 5.03. The zero-order chi connectivity index (χ0) is 15.0. The monoisotopic (exact) mass is 296 g/mol. The molecule has 0 aromatic heterocycles. The van der Waals surface area contributed by atoms with Gasteiger partial charge in [0.05, 0.1) is 0 Å². The van der Waals surface area contributed by atoms with Gasteiger partial charge in [0.25, 0.3) is 0 Å². The number of nitrogens with one attached hydrogen (secondary N) is 1. The minimum atomic E-state index is 0.308. The van der Waals surface area contributed by atoms with Crippen LogP contribution in [-0.4, -0.2) is 19.6 Å². The van der Waals surface area contributed by atoms with Crippen LogP contribution in [0.5, 0.6) is 0 Å². The normalized spacial score (nSPS) is 12.4. The lowest BCUT2D eigenvalue weighted by Crippen LogP contribution is -2.24. The molecule has 1 aromatic rings. The molecular formula is C17H29ClN2. The molecule has 2 nitrogen and oxygen atoms in total. The van der Waals surface area contributed by atoms with Gasteiger partial charge in [0.1, 0.15) is 0 Å². The summed E-state index contributed by atoms with van der Waals surface area (Å²) in [5.41, 5.74) is 2.42. The predicted molar refractivity (Wildman–Crippen MR) is 91.0 cm³/mol. The van der Waals surface area contributed by atoms with Crippen molar-refractivity contribution in [3.63, 3.8) is 0 Å². The van der Waals surface area contributed by atoms with Crippen LogP contribution < -0.4 is 10.2 Å². The lowest BCUT2D eigenvalue weighted by atomic mass is 10.1. The Morgan fingerprint density at radius 2 is 1.95 bits per heavy atom. The average Bonchev–Trinajstić information content (AvgIpc) is 2.45. The second kappa shape index (κ2) is 9.25. The van der Waals surface area contributed by atoms with Gasteiger partial charge in [-0.05, 0) is 50.9 Å². The van der Waals surface area contributed by atoms with Crippen LogP contribution in [0.2, 0.25) is 5.02 Å². The molecule has 1 N–H and O–H groups in total. The first-order valence-corrected chi connectivity index (χ1v) is 8.29. The molecular weight excluding hydrogens is 268 g/mol. The van der Waals surface area contributed by atoms with Gasteiger partial charge in [-0.15, -0.1) is 0 Å². The van der Waals surface area contributed by atoms with Gasteiger partial charge in [-0.3, -0.25) is 0 Å². The number of rotatable bonds is 9. The van der Waals surface area contributed by atoms with Crippen molar-refractivity contribution in [1.29, 1.82) is 0 Å². The molecule has 0 saturated carbocycles. The molecule has 1 unspecified atom stereocenters. The highest BCUT2D eigenvalue weighted by molar-refractivity contribution is 6.31. The van der Waals surface area contributed by atoms with E-state index < -0.39 is 0 Å². The second-order valence-corrected chi connectivity index (χ2v) is 5.72. The highest BCUT2D eigenvalue weighted by Crippen LogP contribution is 2.28.